The number of hydrogen-bond acceptors (Lipinski definition) is 6. The molecule has 0 saturated heterocycles. The topological polar surface area (TPSA) is 65.1 Å². The fourth-order valence-electron chi connectivity index (χ4n) is 2.16. The zero-order valence-electron chi connectivity index (χ0n) is 14.4. The molecule has 0 heterocycles. The number of hydrogen-bond donors (Lipinski definition) is 0. The summed E-state index contributed by atoms with van der Waals surface area (Å²) in [5, 5.41) is 1.51. The van der Waals surface area contributed by atoms with Crippen molar-refractivity contribution in [2.75, 3.05) is 26.1 Å². The van der Waals surface area contributed by atoms with E-state index in [1.54, 1.807) is 50.2 Å². The second kappa shape index (κ2) is 7.44. The van der Waals surface area contributed by atoms with Crippen LogP contribution in [0.1, 0.15) is 6.92 Å². The van der Waals surface area contributed by atoms with Crippen LogP contribution in [0, 0.1) is 0 Å². The molecule has 0 aromatic heterocycles. The fourth-order valence-corrected chi connectivity index (χ4v) is 2.33. The van der Waals surface area contributed by atoms with Crippen molar-refractivity contribution < 1.29 is 23.8 Å². The number of carbonyl (C=O) groups excluding carboxylic acids is 2. The number of ether oxygens (including phenoxy) is 3. The summed E-state index contributed by atoms with van der Waals surface area (Å²) >= 11 is 6.07. The molecule has 0 bridgehead atoms. The Morgan fingerprint density at radius 3 is 2.36 bits per heavy atom. The van der Waals surface area contributed by atoms with E-state index in [9.17, 15) is 9.59 Å². The zero-order chi connectivity index (χ0) is 18.7. The lowest BCUT2D eigenvalue weighted by molar-refractivity contribution is -0.129. The number of esters is 1. The first-order valence-electron chi connectivity index (χ1n) is 7.31. The third-order valence-electron chi connectivity index (χ3n) is 3.38. The zero-order valence-corrected chi connectivity index (χ0v) is 15.1. The summed E-state index contributed by atoms with van der Waals surface area (Å²) in [6.45, 7) is 5.15. The normalized spacial score (nSPS) is 10.3. The second-order valence-electron chi connectivity index (χ2n) is 5.53. The minimum Gasteiger partial charge on any atom is -0.437 e. The van der Waals surface area contributed by atoms with E-state index < -0.39 is 12.1 Å². The van der Waals surface area contributed by atoms with Gasteiger partial charge >= 0.3 is 12.1 Å². The maximum atomic E-state index is 12.0. The maximum absolute atomic E-state index is 12.0. The number of halogens is 1. The highest BCUT2D eigenvalue weighted by molar-refractivity contribution is 6.31. The van der Waals surface area contributed by atoms with E-state index in [0.29, 0.717) is 27.2 Å². The second-order valence-corrected chi connectivity index (χ2v) is 5.97. The molecule has 7 heteroatoms. The van der Waals surface area contributed by atoms with E-state index in [-0.39, 0.29) is 11.3 Å². The Bertz CT molecular complexity index is 860. The van der Waals surface area contributed by atoms with Crippen molar-refractivity contribution >= 4 is 40.2 Å². The number of fused-ring (bicyclic) bond motifs is 1. The van der Waals surface area contributed by atoms with E-state index in [2.05, 4.69) is 11.3 Å². The molecule has 0 radical (unpaired) electrons. The lowest BCUT2D eigenvalue weighted by Crippen LogP contribution is -2.16. The first kappa shape index (κ1) is 18.6. The van der Waals surface area contributed by atoms with E-state index >= 15 is 0 Å². The van der Waals surface area contributed by atoms with Crippen molar-refractivity contribution in [2.24, 2.45) is 0 Å². The molecule has 2 aromatic rings. The van der Waals surface area contributed by atoms with Crippen LogP contribution in [0.5, 0.6) is 11.5 Å². The molecule has 6 nitrogen and oxygen atoms in total. The highest BCUT2D eigenvalue weighted by Crippen LogP contribution is 2.42. The van der Waals surface area contributed by atoms with Crippen LogP contribution in [0.4, 0.5) is 10.5 Å². The van der Waals surface area contributed by atoms with Crippen LogP contribution in [0.25, 0.3) is 10.8 Å². The minimum atomic E-state index is -0.863. The Morgan fingerprint density at radius 1 is 1.12 bits per heavy atom. The quantitative estimate of drug-likeness (QED) is 0.351. The molecule has 0 N–H and O–H groups in total. The minimum absolute atomic E-state index is 0.239. The molecule has 0 aliphatic carbocycles. The average molecular weight is 364 g/mol. The third-order valence-corrected chi connectivity index (χ3v) is 3.61. The van der Waals surface area contributed by atoms with Gasteiger partial charge in [0.05, 0.1) is 12.8 Å². The van der Waals surface area contributed by atoms with Crippen molar-refractivity contribution in [1.82, 2.24) is 0 Å². The van der Waals surface area contributed by atoms with Gasteiger partial charge in [0.2, 0.25) is 0 Å². The summed E-state index contributed by atoms with van der Waals surface area (Å²) in [4.78, 5) is 25.3. The van der Waals surface area contributed by atoms with Gasteiger partial charge in [0, 0.05) is 41.5 Å². The van der Waals surface area contributed by atoms with Crippen LogP contribution in [0.15, 0.2) is 36.4 Å². The van der Waals surface area contributed by atoms with Crippen molar-refractivity contribution in [3.63, 3.8) is 0 Å². The number of anilines is 1. The SMILES string of the molecule is C=C(C)C(=O)Oc1c(N(C)C)cc(OC(=O)OC)c2cc(Cl)ccc12. The van der Waals surface area contributed by atoms with E-state index in [1.165, 1.54) is 7.11 Å². The molecular weight excluding hydrogens is 346 g/mol. The molecule has 0 fully saturated rings. The molecule has 2 aromatic carbocycles. The van der Waals surface area contributed by atoms with Crippen molar-refractivity contribution in [2.45, 2.75) is 6.92 Å². The predicted octanol–water partition coefficient (Wildman–Crippen LogP) is 4.19. The molecule has 25 heavy (non-hydrogen) atoms. The van der Waals surface area contributed by atoms with Gasteiger partial charge in [0.1, 0.15) is 5.75 Å². The van der Waals surface area contributed by atoms with E-state index in [1.807, 2.05) is 0 Å². The number of benzene rings is 2. The largest absolute Gasteiger partial charge is 0.513 e. The predicted molar refractivity (Wildman–Crippen MR) is 96.8 cm³/mol. The van der Waals surface area contributed by atoms with Crippen LogP contribution in [-0.4, -0.2) is 33.3 Å². The molecule has 0 aliphatic heterocycles. The first-order chi connectivity index (χ1) is 11.7. The van der Waals surface area contributed by atoms with Crippen LogP contribution < -0.4 is 14.4 Å². The first-order valence-corrected chi connectivity index (χ1v) is 7.69. The van der Waals surface area contributed by atoms with Gasteiger partial charge < -0.3 is 19.1 Å². The fraction of sp³-hybridized carbons (Fsp3) is 0.222. The third kappa shape index (κ3) is 4.03. The van der Waals surface area contributed by atoms with Crippen molar-refractivity contribution in [3.05, 3.63) is 41.4 Å². The molecular formula is C18H18ClNO5. The standard InChI is InChI=1S/C18H18ClNO5/c1-10(2)17(21)25-16-12-7-6-11(19)8-13(12)15(24-18(22)23-5)9-14(16)20(3)4/h6-9H,1H2,2-5H3. The number of methoxy groups -OCH3 is 1. The summed E-state index contributed by atoms with van der Waals surface area (Å²) < 4.78 is 15.3. The van der Waals surface area contributed by atoms with Crippen LogP contribution >= 0.6 is 11.6 Å². The molecule has 0 unspecified atom stereocenters. The highest BCUT2D eigenvalue weighted by Gasteiger charge is 2.20. The number of carbonyl (C=O) groups is 2. The summed E-state index contributed by atoms with van der Waals surface area (Å²) in [7, 11) is 4.77. The van der Waals surface area contributed by atoms with Crippen molar-refractivity contribution in [1.29, 1.82) is 0 Å². The Balaban J connectivity index is 2.75. The van der Waals surface area contributed by atoms with E-state index in [0.717, 1.165) is 0 Å². The Kier molecular flexibility index (Phi) is 5.54. The van der Waals surface area contributed by atoms with Gasteiger partial charge in [-0.3, -0.25) is 0 Å². The Hall–Kier alpha value is -2.73. The number of nitrogens with zero attached hydrogens (tertiary/aromatic N) is 1. The summed E-state index contributed by atoms with van der Waals surface area (Å²) in [6.07, 6.45) is -0.863. The molecule has 0 amide bonds. The maximum Gasteiger partial charge on any atom is 0.513 e. The van der Waals surface area contributed by atoms with Gasteiger partial charge in [0.15, 0.2) is 5.75 Å². The van der Waals surface area contributed by atoms with Gasteiger partial charge in [-0.2, -0.15) is 0 Å². The number of rotatable bonds is 4. The molecule has 0 spiro atoms. The summed E-state index contributed by atoms with van der Waals surface area (Å²) in [6, 6.07) is 6.54. The van der Waals surface area contributed by atoms with Gasteiger partial charge in [-0.25, -0.2) is 9.59 Å². The molecule has 0 atom stereocenters. The van der Waals surface area contributed by atoms with Crippen LogP contribution in [0.3, 0.4) is 0 Å². The summed E-state index contributed by atoms with van der Waals surface area (Å²) in [5.74, 6) is 0.00560. The van der Waals surface area contributed by atoms with Crippen molar-refractivity contribution in [3.8, 4) is 11.5 Å². The molecule has 0 saturated carbocycles. The lowest BCUT2D eigenvalue weighted by atomic mass is 10.1. The molecule has 0 aliphatic rings. The smallest absolute Gasteiger partial charge is 0.437 e. The van der Waals surface area contributed by atoms with Crippen LogP contribution in [-0.2, 0) is 9.53 Å². The van der Waals surface area contributed by atoms with Gasteiger partial charge in [-0.05, 0) is 25.1 Å². The van der Waals surface area contributed by atoms with Gasteiger partial charge in [0.25, 0.3) is 0 Å². The monoisotopic (exact) mass is 363 g/mol. The average Bonchev–Trinajstić information content (AvgIpc) is 2.55. The highest BCUT2D eigenvalue weighted by atomic mass is 35.5. The molecule has 2 rings (SSSR count). The van der Waals surface area contributed by atoms with E-state index in [4.69, 9.17) is 21.1 Å². The Morgan fingerprint density at radius 2 is 1.80 bits per heavy atom. The van der Waals surface area contributed by atoms with Crippen LogP contribution in [0.2, 0.25) is 5.02 Å². The van der Waals surface area contributed by atoms with Gasteiger partial charge in [-0.15, -0.1) is 0 Å². The lowest BCUT2D eigenvalue weighted by Gasteiger charge is -2.21. The van der Waals surface area contributed by atoms with Gasteiger partial charge in [-0.1, -0.05) is 18.2 Å². The Labute approximate surface area is 150 Å². The summed E-state index contributed by atoms with van der Waals surface area (Å²) in [5.41, 5.74) is 0.810. The molecule has 132 valence electrons.